The number of hydrogen-bond donors (Lipinski definition) is 1. The second-order valence-electron chi connectivity index (χ2n) is 4.91. The Bertz CT molecular complexity index is 429. The first kappa shape index (κ1) is 12.0. The molecule has 1 saturated carbocycles. The fourth-order valence-corrected chi connectivity index (χ4v) is 3.81. The van der Waals surface area contributed by atoms with Gasteiger partial charge in [-0.3, -0.25) is 0 Å². The summed E-state index contributed by atoms with van der Waals surface area (Å²) in [5.74, 6) is 0. The number of thioether (sulfide) groups is 1. The van der Waals surface area contributed by atoms with E-state index in [1.54, 1.807) is 0 Å². The molecular weight excluding hydrogens is 298 g/mol. The molecule has 0 amide bonds. The Labute approximate surface area is 114 Å². The molecule has 17 heavy (non-hydrogen) atoms. The lowest BCUT2D eigenvalue weighted by molar-refractivity contribution is 0.0455. The van der Waals surface area contributed by atoms with E-state index < -0.39 is 0 Å². The standard InChI is InChI=1S/C13H16BrNOS/c14-11-5-9(13(8-15)3-4-13)1-2-12(11)17-10-6-16-7-10/h1-2,5,10H,3-4,6-8,15H2. The number of halogens is 1. The van der Waals surface area contributed by atoms with E-state index in [1.807, 2.05) is 11.8 Å². The minimum atomic E-state index is 0.283. The fourth-order valence-electron chi connectivity index (χ4n) is 2.15. The molecule has 2 nitrogen and oxygen atoms in total. The molecule has 2 fully saturated rings. The summed E-state index contributed by atoms with van der Waals surface area (Å²) in [6.07, 6.45) is 2.47. The maximum Gasteiger partial charge on any atom is 0.0611 e. The van der Waals surface area contributed by atoms with Gasteiger partial charge in [0.15, 0.2) is 0 Å². The van der Waals surface area contributed by atoms with E-state index >= 15 is 0 Å². The summed E-state index contributed by atoms with van der Waals surface area (Å²) >= 11 is 5.58. The van der Waals surface area contributed by atoms with Gasteiger partial charge < -0.3 is 10.5 Å². The van der Waals surface area contributed by atoms with Gasteiger partial charge >= 0.3 is 0 Å². The molecule has 0 spiro atoms. The molecule has 0 atom stereocenters. The van der Waals surface area contributed by atoms with Crippen molar-refractivity contribution >= 4 is 27.7 Å². The normalized spacial score (nSPS) is 22.2. The van der Waals surface area contributed by atoms with Crippen LogP contribution in [0, 0.1) is 0 Å². The van der Waals surface area contributed by atoms with E-state index in [4.69, 9.17) is 10.5 Å². The predicted octanol–water partition coefficient (Wildman–Crippen LogP) is 2.93. The highest BCUT2D eigenvalue weighted by Crippen LogP contribution is 2.48. The van der Waals surface area contributed by atoms with E-state index in [1.165, 1.54) is 27.8 Å². The van der Waals surface area contributed by atoms with Crippen LogP contribution in [-0.4, -0.2) is 25.0 Å². The van der Waals surface area contributed by atoms with Gasteiger partial charge in [-0.25, -0.2) is 0 Å². The first-order chi connectivity index (χ1) is 8.23. The Balaban J connectivity index is 1.78. The third-order valence-corrected chi connectivity index (χ3v) is 5.82. The minimum Gasteiger partial charge on any atom is -0.379 e. The minimum absolute atomic E-state index is 0.283. The summed E-state index contributed by atoms with van der Waals surface area (Å²) < 4.78 is 6.40. The zero-order chi connectivity index (χ0) is 11.9. The largest absolute Gasteiger partial charge is 0.379 e. The van der Waals surface area contributed by atoms with Crippen molar-refractivity contribution < 1.29 is 4.74 Å². The van der Waals surface area contributed by atoms with Crippen molar-refractivity contribution in [2.75, 3.05) is 19.8 Å². The Hall–Kier alpha value is -0.0300. The smallest absolute Gasteiger partial charge is 0.0611 e. The van der Waals surface area contributed by atoms with Crippen molar-refractivity contribution in [2.45, 2.75) is 28.4 Å². The number of benzene rings is 1. The summed E-state index contributed by atoms with van der Waals surface area (Å²) in [7, 11) is 0. The lowest BCUT2D eigenvalue weighted by Crippen LogP contribution is -2.30. The van der Waals surface area contributed by atoms with Gasteiger partial charge in [-0.15, -0.1) is 11.8 Å². The van der Waals surface area contributed by atoms with Crippen LogP contribution < -0.4 is 5.73 Å². The van der Waals surface area contributed by atoms with Gasteiger partial charge in [0.1, 0.15) is 0 Å². The lowest BCUT2D eigenvalue weighted by Gasteiger charge is -2.26. The average molecular weight is 314 g/mol. The third kappa shape index (κ3) is 2.28. The van der Waals surface area contributed by atoms with Crippen LogP contribution in [0.3, 0.4) is 0 Å². The molecule has 1 heterocycles. The molecule has 4 heteroatoms. The first-order valence-electron chi connectivity index (χ1n) is 5.98. The van der Waals surface area contributed by atoms with E-state index in [9.17, 15) is 0 Å². The van der Waals surface area contributed by atoms with E-state index in [0.29, 0.717) is 5.25 Å². The second kappa shape index (κ2) is 4.57. The molecule has 0 radical (unpaired) electrons. The van der Waals surface area contributed by atoms with Gasteiger partial charge in [-0.1, -0.05) is 6.07 Å². The summed E-state index contributed by atoms with van der Waals surface area (Å²) in [6.45, 7) is 2.53. The summed E-state index contributed by atoms with van der Waals surface area (Å²) in [5.41, 5.74) is 7.54. The highest BCUT2D eigenvalue weighted by molar-refractivity contribution is 9.10. The van der Waals surface area contributed by atoms with Gasteiger partial charge in [0.25, 0.3) is 0 Å². The summed E-state index contributed by atoms with van der Waals surface area (Å²) in [4.78, 5) is 1.31. The number of nitrogens with two attached hydrogens (primary N) is 1. The molecule has 3 rings (SSSR count). The van der Waals surface area contributed by atoms with Crippen molar-refractivity contribution in [2.24, 2.45) is 5.73 Å². The first-order valence-corrected chi connectivity index (χ1v) is 7.65. The SMILES string of the molecule is NCC1(c2ccc(SC3COC3)c(Br)c2)CC1. The fraction of sp³-hybridized carbons (Fsp3) is 0.538. The summed E-state index contributed by atoms with van der Waals surface area (Å²) in [6, 6.07) is 6.71. The zero-order valence-corrected chi connectivity index (χ0v) is 12.0. The molecule has 2 N–H and O–H groups in total. The molecule has 92 valence electrons. The Kier molecular flexibility index (Phi) is 3.24. The van der Waals surface area contributed by atoms with E-state index in [2.05, 4.69) is 34.1 Å². The van der Waals surface area contributed by atoms with Crippen molar-refractivity contribution in [3.63, 3.8) is 0 Å². The van der Waals surface area contributed by atoms with Gasteiger partial charge in [0.2, 0.25) is 0 Å². The van der Waals surface area contributed by atoms with Crippen LogP contribution in [0.4, 0.5) is 0 Å². The van der Waals surface area contributed by atoms with Gasteiger partial charge in [-0.05, 0) is 46.5 Å². The van der Waals surface area contributed by atoms with Crippen LogP contribution in [-0.2, 0) is 10.2 Å². The van der Waals surface area contributed by atoms with Crippen LogP contribution >= 0.6 is 27.7 Å². The van der Waals surface area contributed by atoms with Crippen LogP contribution in [0.1, 0.15) is 18.4 Å². The quantitative estimate of drug-likeness (QED) is 0.928. The van der Waals surface area contributed by atoms with Crippen molar-refractivity contribution in [1.82, 2.24) is 0 Å². The van der Waals surface area contributed by atoms with Crippen LogP contribution in [0.2, 0.25) is 0 Å². The van der Waals surface area contributed by atoms with Crippen LogP contribution in [0.5, 0.6) is 0 Å². The molecule has 1 aromatic carbocycles. The van der Waals surface area contributed by atoms with E-state index in [0.717, 1.165) is 19.8 Å². The number of rotatable bonds is 4. The van der Waals surface area contributed by atoms with Crippen molar-refractivity contribution in [3.05, 3.63) is 28.2 Å². The third-order valence-electron chi connectivity index (χ3n) is 3.69. The Morgan fingerprint density at radius 2 is 2.18 bits per heavy atom. The van der Waals surface area contributed by atoms with Crippen molar-refractivity contribution in [3.8, 4) is 0 Å². The topological polar surface area (TPSA) is 35.2 Å². The molecular formula is C13H16BrNOS. The average Bonchev–Trinajstić information content (AvgIpc) is 3.06. The monoisotopic (exact) mass is 313 g/mol. The maximum atomic E-state index is 5.86. The molecule has 1 aliphatic heterocycles. The number of hydrogen-bond acceptors (Lipinski definition) is 3. The zero-order valence-electron chi connectivity index (χ0n) is 9.62. The highest BCUT2D eigenvalue weighted by atomic mass is 79.9. The molecule has 0 unspecified atom stereocenters. The molecule has 0 aromatic heterocycles. The van der Waals surface area contributed by atoms with Gasteiger partial charge in [0, 0.05) is 21.3 Å². The lowest BCUT2D eigenvalue weighted by atomic mass is 9.96. The Morgan fingerprint density at radius 3 is 2.65 bits per heavy atom. The van der Waals surface area contributed by atoms with Crippen LogP contribution in [0.15, 0.2) is 27.6 Å². The molecule has 1 aromatic rings. The molecule has 1 saturated heterocycles. The van der Waals surface area contributed by atoms with Gasteiger partial charge in [-0.2, -0.15) is 0 Å². The maximum absolute atomic E-state index is 5.86. The van der Waals surface area contributed by atoms with Crippen molar-refractivity contribution in [1.29, 1.82) is 0 Å². The molecule has 1 aliphatic carbocycles. The molecule has 0 bridgehead atoms. The highest BCUT2D eigenvalue weighted by Gasteiger charge is 2.42. The second-order valence-corrected chi connectivity index (χ2v) is 7.10. The summed E-state index contributed by atoms with van der Waals surface area (Å²) in [5, 5.41) is 0.626. The number of ether oxygens (including phenoxy) is 1. The predicted molar refractivity (Wildman–Crippen MR) is 74.6 cm³/mol. The van der Waals surface area contributed by atoms with Gasteiger partial charge in [0.05, 0.1) is 18.5 Å². The van der Waals surface area contributed by atoms with E-state index in [-0.39, 0.29) is 5.41 Å². The van der Waals surface area contributed by atoms with Crippen LogP contribution in [0.25, 0.3) is 0 Å². The Morgan fingerprint density at radius 1 is 1.41 bits per heavy atom. The molecule has 2 aliphatic rings.